The molecule has 6 nitrogen and oxygen atoms in total. The Balaban J connectivity index is 2.29. The number of nitrogens with zero attached hydrogens (tertiary/aromatic N) is 1. The third-order valence-corrected chi connectivity index (χ3v) is 6.30. The highest BCUT2D eigenvalue weighted by Gasteiger charge is 2.28. The highest BCUT2D eigenvalue weighted by Crippen LogP contribution is 2.27. The number of nitrogens with one attached hydrogen (secondary N) is 1. The second kappa shape index (κ2) is 11.0. The van der Waals surface area contributed by atoms with Gasteiger partial charge in [-0.05, 0) is 50.5 Å². The van der Waals surface area contributed by atoms with Crippen molar-refractivity contribution in [3.8, 4) is 0 Å². The maximum atomic E-state index is 13.4. The van der Waals surface area contributed by atoms with Gasteiger partial charge in [-0.3, -0.25) is 9.10 Å². The monoisotopic (exact) mass is 418 g/mol. The highest BCUT2D eigenvalue weighted by molar-refractivity contribution is 7.92. The molecule has 0 bridgehead atoms. The molecule has 0 aliphatic heterocycles. The van der Waals surface area contributed by atoms with Crippen LogP contribution in [-0.4, -0.2) is 40.6 Å². The molecule has 0 aliphatic carbocycles. The standard InChI is InChI=1S/C22H30N2O4S/c1-4-19-9-6-7-10-21(19)24(17-22(25)23-15-8-16-28-5-2)29(26,27)20-13-11-18(3)12-14-20/h6-7,9-14H,4-5,8,15-17H2,1-3H3,(H,23,25). The van der Waals surface area contributed by atoms with E-state index in [9.17, 15) is 13.2 Å². The normalized spacial score (nSPS) is 11.3. The zero-order chi connectivity index (χ0) is 21.3. The van der Waals surface area contributed by atoms with Crippen LogP contribution in [0.2, 0.25) is 0 Å². The van der Waals surface area contributed by atoms with Gasteiger partial charge in [-0.2, -0.15) is 0 Å². The number of carbonyl (C=O) groups is 1. The van der Waals surface area contributed by atoms with E-state index in [-0.39, 0.29) is 17.3 Å². The molecule has 0 radical (unpaired) electrons. The zero-order valence-corrected chi connectivity index (χ0v) is 18.2. The molecule has 0 saturated heterocycles. The van der Waals surface area contributed by atoms with Crippen molar-refractivity contribution >= 4 is 21.6 Å². The zero-order valence-electron chi connectivity index (χ0n) is 17.3. The molecule has 158 valence electrons. The van der Waals surface area contributed by atoms with Crippen LogP contribution in [0.15, 0.2) is 53.4 Å². The summed E-state index contributed by atoms with van der Waals surface area (Å²) in [4.78, 5) is 12.7. The Kier molecular flexibility index (Phi) is 8.67. The van der Waals surface area contributed by atoms with E-state index < -0.39 is 10.0 Å². The first-order valence-corrected chi connectivity index (χ1v) is 11.4. The third kappa shape index (κ3) is 6.30. The number of rotatable bonds is 11. The van der Waals surface area contributed by atoms with E-state index in [2.05, 4.69) is 5.32 Å². The summed E-state index contributed by atoms with van der Waals surface area (Å²) in [5.74, 6) is -0.344. The second-order valence-electron chi connectivity index (χ2n) is 6.71. The summed E-state index contributed by atoms with van der Waals surface area (Å²) in [7, 11) is -3.89. The molecule has 0 aromatic heterocycles. The number of para-hydroxylation sites is 1. The molecule has 29 heavy (non-hydrogen) atoms. The lowest BCUT2D eigenvalue weighted by atomic mass is 10.1. The number of carbonyl (C=O) groups excluding carboxylic acids is 1. The lowest BCUT2D eigenvalue weighted by Crippen LogP contribution is -2.41. The minimum Gasteiger partial charge on any atom is -0.382 e. The number of benzene rings is 2. The van der Waals surface area contributed by atoms with E-state index in [1.807, 2.05) is 32.9 Å². The Bertz CT molecular complexity index is 895. The fourth-order valence-electron chi connectivity index (χ4n) is 2.92. The van der Waals surface area contributed by atoms with Crippen LogP contribution in [0.5, 0.6) is 0 Å². The van der Waals surface area contributed by atoms with Gasteiger partial charge >= 0.3 is 0 Å². The van der Waals surface area contributed by atoms with Crippen LogP contribution in [0, 0.1) is 6.92 Å². The molecule has 2 aromatic carbocycles. The molecule has 0 heterocycles. The van der Waals surface area contributed by atoms with Gasteiger partial charge in [-0.1, -0.05) is 42.8 Å². The highest BCUT2D eigenvalue weighted by atomic mass is 32.2. The number of aryl methyl sites for hydroxylation is 2. The first kappa shape index (κ1) is 22.9. The van der Waals surface area contributed by atoms with Crippen molar-refractivity contribution in [2.45, 2.75) is 38.5 Å². The number of sulfonamides is 1. The van der Waals surface area contributed by atoms with E-state index in [0.717, 1.165) is 11.1 Å². The lowest BCUT2D eigenvalue weighted by molar-refractivity contribution is -0.119. The SMILES string of the molecule is CCOCCCNC(=O)CN(c1ccccc1CC)S(=O)(=O)c1ccc(C)cc1. The van der Waals surface area contributed by atoms with Gasteiger partial charge in [0.2, 0.25) is 5.91 Å². The predicted octanol–water partition coefficient (Wildman–Crippen LogP) is 3.30. The van der Waals surface area contributed by atoms with Gasteiger partial charge in [0, 0.05) is 19.8 Å². The van der Waals surface area contributed by atoms with E-state index in [4.69, 9.17) is 4.74 Å². The Hall–Kier alpha value is -2.38. The van der Waals surface area contributed by atoms with Crippen molar-refractivity contribution in [2.75, 3.05) is 30.6 Å². The summed E-state index contributed by atoms with van der Waals surface area (Å²) in [6.07, 6.45) is 1.34. The van der Waals surface area contributed by atoms with Crippen molar-refractivity contribution in [2.24, 2.45) is 0 Å². The summed E-state index contributed by atoms with van der Waals surface area (Å²) in [6.45, 7) is 7.12. The van der Waals surface area contributed by atoms with Crippen LogP contribution in [0.4, 0.5) is 5.69 Å². The second-order valence-corrected chi connectivity index (χ2v) is 8.57. The fourth-order valence-corrected chi connectivity index (χ4v) is 4.38. The topological polar surface area (TPSA) is 75.7 Å². The van der Waals surface area contributed by atoms with Gasteiger partial charge < -0.3 is 10.1 Å². The van der Waals surface area contributed by atoms with Crippen LogP contribution in [0.3, 0.4) is 0 Å². The van der Waals surface area contributed by atoms with Crippen molar-refractivity contribution in [3.63, 3.8) is 0 Å². The minimum absolute atomic E-state index is 0.165. The number of ether oxygens (including phenoxy) is 1. The molecule has 2 aromatic rings. The molecule has 1 N–H and O–H groups in total. The fraction of sp³-hybridized carbons (Fsp3) is 0.409. The maximum absolute atomic E-state index is 13.4. The van der Waals surface area contributed by atoms with Crippen LogP contribution >= 0.6 is 0 Å². The first-order valence-electron chi connectivity index (χ1n) is 9.91. The Morgan fingerprint density at radius 2 is 1.76 bits per heavy atom. The van der Waals surface area contributed by atoms with E-state index >= 15 is 0 Å². The Labute approximate surface area is 173 Å². The van der Waals surface area contributed by atoms with Crippen LogP contribution < -0.4 is 9.62 Å². The molecule has 2 rings (SSSR count). The van der Waals surface area contributed by atoms with Crippen LogP contribution in [0.1, 0.15) is 31.4 Å². The molecular formula is C22H30N2O4S. The molecule has 0 spiro atoms. The summed E-state index contributed by atoms with van der Waals surface area (Å²) in [5.41, 5.74) is 2.36. The Morgan fingerprint density at radius 1 is 1.07 bits per heavy atom. The third-order valence-electron chi connectivity index (χ3n) is 4.53. The minimum atomic E-state index is -3.89. The average molecular weight is 419 g/mol. The number of hydrogen-bond acceptors (Lipinski definition) is 4. The number of amides is 1. The summed E-state index contributed by atoms with van der Waals surface area (Å²) >= 11 is 0. The van der Waals surface area contributed by atoms with Crippen molar-refractivity contribution < 1.29 is 17.9 Å². The van der Waals surface area contributed by atoms with Gasteiger partial charge in [0.15, 0.2) is 0 Å². The van der Waals surface area contributed by atoms with Gasteiger partial charge in [0.1, 0.15) is 6.54 Å². The van der Waals surface area contributed by atoms with Gasteiger partial charge in [-0.25, -0.2) is 8.42 Å². The maximum Gasteiger partial charge on any atom is 0.264 e. The molecular weight excluding hydrogens is 388 g/mol. The molecule has 0 unspecified atom stereocenters. The average Bonchev–Trinajstić information content (AvgIpc) is 2.72. The smallest absolute Gasteiger partial charge is 0.264 e. The quantitative estimate of drug-likeness (QED) is 0.568. The molecule has 7 heteroatoms. The summed E-state index contributed by atoms with van der Waals surface area (Å²) in [6, 6.07) is 13.9. The van der Waals surface area contributed by atoms with Crippen LogP contribution in [-0.2, 0) is 26.0 Å². The molecule has 1 amide bonds. The molecule has 0 aliphatic rings. The van der Waals surface area contributed by atoms with Crippen molar-refractivity contribution in [1.82, 2.24) is 5.32 Å². The summed E-state index contributed by atoms with van der Waals surface area (Å²) < 4.78 is 33.2. The molecule has 0 saturated carbocycles. The largest absolute Gasteiger partial charge is 0.382 e. The van der Waals surface area contributed by atoms with Gasteiger partial charge in [0.05, 0.1) is 10.6 Å². The van der Waals surface area contributed by atoms with Gasteiger partial charge in [-0.15, -0.1) is 0 Å². The first-order chi connectivity index (χ1) is 13.9. The van der Waals surface area contributed by atoms with E-state index in [0.29, 0.717) is 38.3 Å². The number of anilines is 1. The van der Waals surface area contributed by atoms with Crippen LogP contribution in [0.25, 0.3) is 0 Å². The molecule has 0 atom stereocenters. The van der Waals surface area contributed by atoms with Crippen molar-refractivity contribution in [1.29, 1.82) is 0 Å². The number of hydrogen-bond donors (Lipinski definition) is 1. The Morgan fingerprint density at radius 3 is 2.41 bits per heavy atom. The van der Waals surface area contributed by atoms with Crippen molar-refractivity contribution in [3.05, 3.63) is 59.7 Å². The lowest BCUT2D eigenvalue weighted by Gasteiger charge is -2.26. The van der Waals surface area contributed by atoms with E-state index in [1.54, 1.807) is 36.4 Å². The molecule has 0 fully saturated rings. The van der Waals surface area contributed by atoms with E-state index in [1.165, 1.54) is 4.31 Å². The summed E-state index contributed by atoms with van der Waals surface area (Å²) in [5, 5.41) is 2.79. The van der Waals surface area contributed by atoms with Gasteiger partial charge in [0.25, 0.3) is 10.0 Å². The predicted molar refractivity (Wildman–Crippen MR) is 116 cm³/mol.